The SMILES string of the molecule is N[CH]CF. The van der Waals surface area contributed by atoms with Crippen molar-refractivity contribution in [2.75, 3.05) is 6.67 Å². The minimum absolute atomic E-state index is 0.528. The standard InChI is InChI=1S/C2H5FN/c3-1-2-4/h2H,1,4H2. The van der Waals surface area contributed by atoms with Crippen LogP contribution in [-0.2, 0) is 0 Å². The van der Waals surface area contributed by atoms with Gasteiger partial charge in [0, 0.05) is 0 Å². The third-order valence-electron chi connectivity index (χ3n) is 0.0891. The zero-order chi connectivity index (χ0) is 3.41. The number of rotatable bonds is 1. The zero-order valence-electron chi connectivity index (χ0n) is 2.24. The van der Waals surface area contributed by atoms with E-state index in [0.717, 1.165) is 6.54 Å². The molecule has 0 atom stereocenters. The van der Waals surface area contributed by atoms with Crippen molar-refractivity contribution in [3.8, 4) is 0 Å². The highest BCUT2D eigenvalue weighted by Gasteiger charge is 1.61. The Morgan fingerprint density at radius 3 is 2.25 bits per heavy atom. The van der Waals surface area contributed by atoms with E-state index in [9.17, 15) is 4.39 Å². The predicted octanol–water partition coefficient (Wildman–Crippen LogP) is 0.0764. The van der Waals surface area contributed by atoms with Gasteiger partial charge in [0.15, 0.2) is 0 Å². The first-order valence-electron chi connectivity index (χ1n) is 1.01. The number of nitrogens with two attached hydrogens (primary N) is 1. The van der Waals surface area contributed by atoms with Crippen LogP contribution in [0.5, 0.6) is 0 Å². The van der Waals surface area contributed by atoms with Crippen molar-refractivity contribution in [2.45, 2.75) is 0 Å². The molecule has 1 nitrogen and oxygen atoms in total. The van der Waals surface area contributed by atoms with Crippen LogP contribution in [-0.4, -0.2) is 6.67 Å². The highest BCUT2D eigenvalue weighted by molar-refractivity contribution is 4.43. The first-order valence-corrected chi connectivity index (χ1v) is 1.01. The Morgan fingerprint density at radius 1 is 2.00 bits per heavy atom. The van der Waals surface area contributed by atoms with Crippen LogP contribution in [0.4, 0.5) is 4.39 Å². The first kappa shape index (κ1) is 3.89. The summed E-state index contributed by atoms with van der Waals surface area (Å²) < 4.78 is 10.5. The van der Waals surface area contributed by atoms with E-state index >= 15 is 0 Å². The van der Waals surface area contributed by atoms with Gasteiger partial charge in [-0.3, -0.25) is 0 Å². The maximum Gasteiger partial charge on any atom is 0.106 e. The minimum atomic E-state index is -0.528. The molecule has 0 rings (SSSR count). The van der Waals surface area contributed by atoms with E-state index in [1.807, 2.05) is 0 Å². The Balaban J connectivity index is 1.97. The summed E-state index contributed by atoms with van der Waals surface area (Å²) in [5.74, 6) is 0. The molecule has 0 amide bonds. The molecule has 2 N–H and O–H groups in total. The van der Waals surface area contributed by atoms with Gasteiger partial charge in [-0.05, 0) is 0 Å². The molecule has 0 unspecified atom stereocenters. The molecule has 25 valence electrons. The van der Waals surface area contributed by atoms with Crippen LogP contribution >= 0.6 is 0 Å². The summed E-state index contributed by atoms with van der Waals surface area (Å²) in [6.45, 7) is 0.431. The average molecular weight is 62.1 g/mol. The molecule has 0 saturated heterocycles. The molecule has 0 heterocycles. The number of alkyl halides is 1. The quantitative estimate of drug-likeness (QED) is 0.457. The summed E-state index contributed by atoms with van der Waals surface area (Å²) >= 11 is 0. The van der Waals surface area contributed by atoms with E-state index < -0.39 is 6.67 Å². The fourth-order valence-electron chi connectivity index (χ4n) is 0. The van der Waals surface area contributed by atoms with Crippen molar-refractivity contribution in [3.63, 3.8) is 0 Å². The van der Waals surface area contributed by atoms with Crippen molar-refractivity contribution in [1.29, 1.82) is 0 Å². The Morgan fingerprint density at radius 2 is 2.25 bits per heavy atom. The summed E-state index contributed by atoms with van der Waals surface area (Å²) in [6.07, 6.45) is 0. The third-order valence-corrected chi connectivity index (χ3v) is 0.0891. The Kier molecular flexibility index (Phi) is 2.81. The highest BCUT2D eigenvalue weighted by atomic mass is 19.1. The number of hydrogen-bond acceptors (Lipinski definition) is 1. The lowest BCUT2D eigenvalue weighted by Gasteiger charge is -1.65. The number of hydrogen-bond donors (Lipinski definition) is 1. The lowest BCUT2D eigenvalue weighted by Crippen LogP contribution is -1.88. The molecular formula is C2H5FN. The zero-order valence-corrected chi connectivity index (χ0v) is 2.24. The molecule has 0 bridgehead atoms. The fraction of sp³-hybridized carbons (Fsp3) is 0.500. The van der Waals surface area contributed by atoms with Crippen LogP contribution in [0.3, 0.4) is 0 Å². The molecular weight excluding hydrogens is 57.0 g/mol. The van der Waals surface area contributed by atoms with Gasteiger partial charge in [-0.15, -0.1) is 0 Å². The van der Waals surface area contributed by atoms with Gasteiger partial charge in [-0.25, -0.2) is 4.39 Å². The molecule has 0 aliphatic carbocycles. The second kappa shape index (κ2) is 2.89. The van der Waals surface area contributed by atoms with Gasteiger partial charge >= 0.3 is 0 Å². The van der Waals surface area contributed by atoms with Crippen LogP contribution in [0.25, 0.3) is 0 Å². The summed E-state index contributed by atoms with van der Waals surface area (Å²) in [5, 5.41) is 0. The van der Waals surface area contributed by atoms with Gasteiger partial charge in [-0.1, -0.05) is 0 Å². The highest BCUT2D eigenvalue weighted by Crippen LogP contribution is 1.57. The number of halogens is 1. The van der Waals surface area contributed by atoms with Crippen molar-refractivity contribution in [3.05, 3.63) is 6.54 Å². The smallest absolute Gasteiger partial charge is 0.106 e. The van der Waals surface area contributed by atoms with E-state index in [2.05, 4.69) is 5.73 Å². The monoisotopic (exact) mass is 62.0 g/mol. The summed E-state index contributed by atoms with van der Waals surface area (Å²) in [6, 6.07) is 0. The van der Waals surface area contributed by atoms with Crippen molar-refractivity contribution >= 4 is 0 Å². The minimum Gasteiger partial charge on any atom is -0.324 e. The molecule has 0 saturated carbocycles. The van der Waals surface area contributed by atoms with Crippen LogP contribution in [0.2, 0.25) is 0 Å². The van der Waals surface area contributed by atoms with Crippen molar-refractivity contribution < 1.29 is 4.39 Å². The topological polar surface area (TPSA) is 26.0 Å². The van der Waals surface area contributed by atoms with Crippen molar-refractivity contribution in [2.24, 2.45) is 5.73 Å². The van der Waals surface area contributed by atoms with Gasteiger partial charge in [0.1, 0.15) is 6.67 Å². The Labute approximate surface area is 24.6 Å². The lowest BCUT2D eigenvalue weighted by atomic mass is 10.8. The van der Waals surface area contributed by atoms with E-state index in [-0.39, 0.29) is 0 Å². The molecule has 2 heteroatoms. The average Bonchev–Trinajstić information content (AvgIpc) is 1.37. The normalized spacial score (nSPS) is 7.50. The van der Waals surface area contributed by atoms with Crippen LogP contribution in [0, 0.1) is 6.54 Å². The summed E-state index contributed by atoms with van der Waals surface area (Å²) in [7, 11) is 0. The predicted molar refractivity (Wildman–Crippen MR) is 14.5 cm³/mol. The Hall–Kier alpha value is -0.110. The third kappa shape index (κ3) is 1.89. The maximum atomic E-state index is 10.5. The van der Waals surface area contributed by atoms with Crippen LogP contribution in [0.15, 0.2) is 0 Å². The first-order chi connectivity index (χ1) is 1.91. The van der Waals surface area contributed by atoms with E-state index in [4.69, 9.17) is 0 Å². The van der Waals surface area contributed by atoms with Crippen LogP contribution in [0.1, 0.15) is 0 Å². The van der Waals surface area contributed by atoms with E-state index in [1.54, 1.807) is 0 Å². The summed E-state index contributed by atoms with van der Waals surface area (Å²) in [5.41, 5.74) is 4.53. The molecule has 0 aromatic heterocycles. The second-order valence-corrected chi connectivity index (χ2v) is 0.390. The van der Waals surface area contributed by atoms with Gasteiger partial charge < -0.3 is 5.73 Å². The lowest BCUT2D eigenvalue weighted by molar-refractivity contribution is 0.536. The van der Waals surface area contributed by atoms with Gasteiger partial charge in [-0.2, -0.15) is 0 Å². The summed E-state index contributed by atoms with van der Waals surface area (Å²) in [4.78, 5) is 0. The van der Waals surface area contributed by atoms with Crippen LogP contribution < -0.4 is 5.73 Å². The molecule has 0 fully saturated rings. The molecule has 1 radical (unpaired) electrons. The van der Waals surface area contributed by atoms with Gasteiger partial charge in [0.2, 0.25) is 0 Å². The van der Waals surface area contributed by atoms with E-state index in [0.29, 0.717) is 0 Å². The molecule has 0 aliphatic heterocycles. The van der Waals surface area contributed by atoms with E-state index in [1.165, 1.54) is 0 Å². The molecule has 0 spiro atoms. The van der Waals surface area contributed by atoms with Gasteiger partial charge in [0.05, 0.1) is 6.54 Å². The van der Waals surface area contributed by atoms with Gasteiger partial charge in [0.25, 0.3) is 0 Å². The molecule has 0 aromatic carbocycles. The molecule has 4 heavy (non-hydrogen) atoms. The fourth-order valence-corrected chi connectivity index (χ4v) is 0. The molecule has 0 aromatic rings. The van der Waals surface area contributed by atoms with Crippen molar-refractivity contribution in [1.82, 2.24) is 0 Å². The second-order valence-electron chi connectivity index (χ2n) is 0.390. The maximum absolute atomic E-state index is 10.5. The largest absolute Gasteiger partial charge is 0.324 e. The molecule has 0 aliphatic rings. The Bertz CT molecular complexity index is 8.00.